The monoisotopic (exact) mass is 249 g/mol. The fraction of sp³-hybridized carbons (Fsp3) is 0.583. The third kappa shape index (κ3) is 3.09. The molecule has 1 aromatic rings. The molecule has 0 unspecified atom stereocenters. The number of rotatable bonds is 4. The molecule has 0 atom stereocenters. The Morgan fingerprint density at radius 2 is 2.22 bits per heavy atom. The Morgan fingerprint density at radius 3 is 2.83 bits per heavy atom. The van der Waals surface area contributed by atoms with Crippen molar-refractivity contribution in [2.75, 3.05) is 30.4 Å². The molecule has 0 spiro atoms. The number of primary amides is 1. The quantitative estimate of drug-likeness (QED) is 0.816. The third-order valence-corrected chi connectivity index (χ3v) is 3.31. The fourth-order valence-corrected chi connectivity index (χ4v) is 2.28. The second kappa shape index (κ2) is 5.66. The Bertz CT molecular complexity index is 415. The number of carbonyl (C=O) groups excluding carboxylic acids is 1. The van der Waals surface area contributed by atoms with E-state index in [0.717, 1.165) is 37.6 Å². The molecule has 6 nitrogen and oxygen atoms in total. The minimum absolute atomic E-state index is 0.203. The lowest BCUT2D eigenvalue weighted by Gasteiger charge is -2.32. The first-order valence-corrected chi connectivity index (χ1v) is 6.22. The maximum Gasteiger partial charge on any atom is 0.217 e. The number of nitrogens with zero attached hydrogens (tertiary/aromatic N) is 3. The number of hydrogen-bond acceptors (Lipinski definition) is 5. The van der Waals surface area contributed by atoms with Crippen molar-refractivity contribution in [3.63, 3.8) is 0 Å². The second-order valence-electron chi connectivity index (χ2n) is 4.61. The molecule has 2 heterocycles. The van der Waals surface area contributed by atoms with Gasteiger partial charge >= 0.3 is 0 Å². The van der Waals surface area contributed by atoms with E-state index in [9.17, 15) is 4.79 Å². The zero-order chi connectivity index (χ0) is 13.0. The maximum atomic E-state index is 10.9. The highest BCUT2D eigenvalue weighted by molar-refractivity contribution is 5.74. The molecule has 1 aromatic heterocycles. The zero-order valence-electron chi connectivity index (χ0n) is 10.6. The lowest BCUT2D eigenvalue weighted by Crippen LogP contribution is -2.35. The van der Waals surface area contributed by atoms with Crippen LogP contribution in [-0.4, -0.2) is 36.0 Å². The van der Waals surface area contributed by atoms with Gasteiger partial charge in [0.15, 0.2) is 0 Å². The van der Waals surface area contributed by atoms with E-state index in [0.29, 0.717) is 12.3 Å². The highest BCUT2D eigenvalue weighted by Crippen LogP contribution is 2.23. The van der Waals surface area contributed by atoms with Gasteiger partial charge in [-0.15, -0.1) is 0 Å². The minimum Gasteiger partial charge on any atom is -0.372 e. The number of anilines is 2. The molecule has 0 aromatic carbocycles. The summed E-state index contributed by atoms with van der Waals surface area (Å²) in [4.78, 5) is 21.7. The molecule has 0 aliphatic carbocycles. The highest BCUT2D eigenvalue weighted by Gasteiger charge is 2.21. The number of nitrogens with two attached hydrogens (primary N) is 1. The van der Waals surface area contributed by atoms with Crippen LogP contribution < -0.4 is 16.0 Å². The largest absolute Gasteiger partial charge is 0.372 e. The van der Waals surface area contributed by atoms with Crippen molar-refractivity contribution in [1.29, 1.82) is 0 Å². The molecule has 1 saturated heterocycles. The number of nitrogens with one attached hydrogen (secondary N) is 1. The normalized spacial score (nSPS) is 16.6. The molecule has 0 saturated carbocycles. The predicted molar refractivity (Wildman–Crippen MR) is 70.3 cm³/mol. The van der Waals surface area contributed by atoms with Crippen LogP contribution in [0.1, 0.15) is 19.3 Å². The van der Waals surface area contributed by atoms with E-state index in [1.807, 2.05) is 7.05 Å². The fourth-order valence-electron chi connectivity index (χ4n) is 2.28. The Morgan fingerprint density at radius 1 is 1.50 bits per heavy atom. The predicted octanol–water partition coefficient (Wildman–Crippen LogP) is 0.610. The van der Waals surface area contributed by atoms with E-state index < -0.39 is 0 Å². The zero-order valence-corrected chi connectivity index (χ0v) is 10.6. The molecule has 0 radical (unpaired) electrons. The lowest BCUT2D eigenvalue weighted by atomic mass is 9.93. The van der Waals surface area contributed by atoms with Crippen molar-refractivity contribution in [3.05, 3.63) is 12.4 Å². The molecule has 1 aliphatic heterocycles. The Balaban J connectivity index is 1.94. The van der Waals surface area contributed by atoms with E-state index in [1.54, 1.807) is 12.4 Å². The standard InChI is InChI=1S/C12H19N5O/c1-14-11-7-15-8-12(16-11)17-4-2-9(3-5-17)6-10(13)18/h7-9H,2-6H2,1H3,(H2,13,18)(H,14,16). The summed E-state index contributed by atoms with van der Waals surface area (Å²) in [5, 5.41) is 2.98. The smallest absolute Gasteiger partial charge is 0.217 e. The number of aromatic nitrogens is 2. The summed E-state index contributed by atoms with van der Waals surface area (Å²) in [6, 6.07) is 0. The van der Waals surface area contributed by atoms with Gasteiger partial charge < -0.3 is 16.0 Å². The topological polar surface area (TPSA) is 84.1 Å². The number of piperidine rings is 1. The van der Waals surface area contributed by atoms with Crippen LogP contribution in [-0.2, 0) is 4.79 Å². The molecule has 1 amide bonds. The average Bonchev–Trinajstić information content (AvgIpc) is 2.39. The highest BCUT2D eigenvalue weighted by atomic mass is 16.1. The van der Waals surface area contributed by atoms with E-state index in [4.69, 9.17) is 5.73 Å². The minimum atomic E-state index is -0.203. The number of hydrogen-bond donors (Lipinski definition) is 2. The molecular formula is C12H19N5O. The van der Waals surface area contributed by atoms with Gasteiger partial charge in [-0.05, 0) is 18.8 Å². The molecule has 3 N–H and O–H groups in total. The SMILES string of the molecule is CNc1cncc(N2CCC(CC(N)=O)CC2)n1. The molecule has 2 rings (SSSR count). The lowest BCUT2D eigenvalue weighted by molar-refractivity contribution is -0.119. The van der Waals surface area contributed by atoms with E-state index in [2.05, 4.69) is 20.2 Å². The van der Waals surface area contributed by atoms with Crippen LogP contribution >= 0.6 is 0 Å². The summed E-state index contributed by atoms with van der Waals surface area (Å²) < 4.78 is 0. The van der Waals surface area contributed by atoms with E-state index in [-0.39, 0.29) is 5.91 Å². The van der Waals surface area contributed by atoms with Crippen LogP contribution in [0.2, 0.25) is 0 Å². The van der Waals surface area contributed by atoms with Crippen LogP contribution in [0.25, 0.3) is 0 Å². The first-order chi connectivity index (χ1) is 8.69. The van der Waals surface area contributed by atoms with Crippen molar-refractivity contribution in [2.24, 2.45) is 11.7 Å². The molecule has 1 fully saturated rings. The van der Waals surface area contributed by atoms with Gasteiger partial charge in [0.2, 0.25) is 5.91 Å². The van der Waals surface area contributed by atoms with Crippen molar-refractivity contribution in [3.8, 4) is 0 Å². The average molecular weight is 249 g/mol. The van der Waals surface area contributed by atoms with Crippen LogP contribution in [0.4, 0.5) is 11.6 Å². The van der Waals surface area contributed by atoms with Gasteiger partial charge in [-0.2, -0.15) is 0 Å². The molecule has 6 heteroatoms. The summed E-state index contributed by atoms with van der Waals surface area (Å²) in [6.45, 7) is 1.81. The van der Waals surface area contributed by atoms with Gasteiger partial charge in [0.25, 0.3) is 0 Å². The Hall–Kier alpha value is -1.85. The second-order valence-corrected chi connectivity index (χ2v) is 4.61. The Labute approximate surface area is 107 Å². The molecule has 98 valence electrons. The number of carbonyl (C=O) groups is 1. The van der Waals surface area contributed by atoms with Crippen LogP contribution in [0, 0.1) is 5.92 Å². The van der Waals surface area contributed by atoms with E-state index in [1.165, 1.54) is 0 Å². The van der Waals surface area contributed by atoms with Gasteiger partial charge in [-0.1, -0.05) is 0 Å². The van der Waals surface area contributed by atoms with Crippen LogP contribution in [0.15, 0.2) is 12.4 Å². The summed E-state index contributed by atoms with van der Waals surface area (Å²) in [5.41, 5.74) is 5.22. The van der Waals surface area contributed by atoms with Crippen molar-refractivity contribution < 1.29 is 4.79 Å². The number of amides is 1. The first kappa shape index (κ1) is 12.6. The summed E-state index contributed by atoms with van der Waals surface area (Å²) in [6.07, 6.45) is 5.93. The summed E-state index contributed by atoms with van der Waals surface area (Å²) >= 11 is 0. The molecule has 1 aliphatic rings. The van der Waals surface area contributed by atoms with Crippen molar-refractivity contribution in [1.82, 2.24) is 9.97 Å². The van der Waals surface area contributed by atoms with Gasteiger partial charge in [-0.3, -0.25) is 9.78 Å². The van der Waals surface area contributed by atoms with Crippen LogP contribution in [0.5, 0.6) is 0 Å². The molecule has 18 heavy (non-hydrogen) atoms. The Kier molecular flexibility index (Phi) is 3.96. The van der Waals surface area contributed by atoms with Crippen LogP contribution in [0.3, 0.4) is 0 Å². The van der Waals surface area contributed by atoms with Gasteiger partial charge in [0.1, 0.15) is 11.6 Å². The summed E-state index contributed by atoms with van der Waals surface area (Å²) in [5.74, 6) is 1.87. The van der Waals surface area contributed by atoms with E-state index >= 15 is 0 Å². The molecular weight excluding hydrogens is 230 g/mol. The van der Waals surface area contributed by atoms with Gasteiger partial charge in [0.05, 0.1) is 12.4 Å². The third-order valence-electron chi connectivity index (χ3n) is 3.31. The van der Waals surface area contributed by atoms with Gasteiger partial charge in [0, 0.05) is 26.6 Å². The van der Waals surface area contributed by atoms with Gasteiger partial charge in [-0.25, -0.2) is 4.98 Å². The molecule has 0 bridgehead atoms. The van der Waals surface area contributed by atoms with Crippen molar-refractivity contribution >= 4 is 17.5 Å². The maximum absolute atomic E-state index is 10.9. The first-order valence-electron chi connectivity index (χ1n) is 6.22. The summed E-state index contributed by atoms with van der Waals surface area (Å²) in [7, 11) is 1.83. The van der Waals surface area contributed by atoms with Crippen molar-refractivity contribution in [2.45, 2.75) is 19.3 Å².